The minimum Gasteiger partial charge on any atom is -0.444 e. The molecule has 10 nitrogen and oxygen atoms in total. The Bertz CT molecular complexity index is 1080. The van der Waals surface area contributed by atoms with Crippen molar-refractivity contribution in [1.29, 1.82) is 0 Å². The molecule has 0 aromatic heterocycles. The fourth-order valence-electron chi connectivity index (χ4n) is 5.86. The lowest BCUT2D eigenvalue weighted by Gasteiger charge is -2.33. The van der Waals surface area contributed by atoms with E-state index in [2.05, 4.69) is 28.2 Å². The highest BCUT2D eigenvalue weighted by Crippen LogP contribution is 2.29. The second-order valence-corrected chi connectivity index (χ2v) is 14.3. The average molecular weight is 645 g/mol. The maximum atomic E-state index is 13.8. The van der Waals surface area contributed by atoms with Gasteiger partial charge in [0.05, 0.1) is 12.1 Å². The lowest BCUT2D eigenvalue weighted by molar-refractivity contribution is -0.132. The Labute approximate surface area is 276 Å². The van der Waals surface area contributed by atoms with Gasteiger partial charge in [0, 0.05) is 18.9 Å². The smallest absolute Gasteiger partial charge is 0.408 e. The van der Waals surface area contributed by atoms with Crippen LogP contribution < -0.4 is 21.3 Å². The van der Waals surface area contributed by atoms with E-state index in [1.54, 1.807) is 27.7 Å². The Morgan fingerprint density at radius 3 is 2.15 bits per heavy atom. The summed E-state index contributed by atoms with van der Waals surface area (Å²) in [7, 11) is 0. The van der Waals surface area contributed by atoms with E-state index in [9.17, 15) is 24.3 Å². The van der Waals surface area contributed by atoms with Crippen molar-refractivity contribution >= 4 is 23.8 Å². The van der Waals surface area contributed by atoms with Crippen LogP contribution in [0.4, 0.5) is 4.79 Å². The summed E-state index contributed by atoms with van der Waals surface area (Å²) in [4.78, 5) is 52.9. The first-order valence-corrected chi connectivity index (χ1v) is 17.3. The summed E-state index contributed by atoms with van der Waals surface area (Å²) in [6.07, 6.45) is 6.74. The normalized spacial score (nSPS) is 17.2. The van der Waals surface area contributed by atoms with Crippen LogP contribution in [0.2, 0.25) is 0 Å². The molecule has 1 aliphatic rings. The van der Waals surface area contributed by atoms with Gasteiger partial charge in [-0.2, -0.15) is 0 Å². The maximum absolute atomic E-state index is 13.8. The molecule has 4 amide bonds. The van der Waals surface area contributed by atoms with Crippen molar-refractivity contribution in [2.75, 3.05) is 6.54 Å². The SMILES string of the molecule is CCCCNC(=O)[C@H](C)C[C@H](O)[C@H](CC1CCCCC1)NC(=O)[C@@H](NC(=O)[C@H](Cc1ccccc1)NC(=O)OC(C)(C)C)C(C)C. The highest BCUT2D eigenvalue weighted by atomic mass is 16.6. The number of nitrogens with one attached hydrogen (secondary N) is 4. The van der Waals surface area contributed by atoms with Gasteiger partial charge in [0.1, 0.15) is 17.7 Å². The highest BCUT2D eigenvalue weighted by Gasteiger charge is 2.34. The zero-order valence-electron chi connectivity index (χ0n) is 29.2. The van der Waals surface area contributed by atoms with Crippen LogP contribution in [0.1, 0.15) is 112 Å². The lowest BCUT2D eigenvalue weighted by Crippen LogP contribution is -2.58. The van der Waals surface area contributed by atoms with E-state index in [1.807, 2.05) is 44.2 Å². The second kappa shape index (κ2) is 19.5. The van der Waals surface area contributed by atoms with E-state index >= 15 is 0 Å². The lowest BCUT2D eigenvalue weighted by atomic mass is 9.82. The van der Waals surface area contributed by atoms with Crippen LogP contribution in [0.3, 0.4) is 0 Å². The third kappa shape index (κ3) is 14.5. The van der Waals surface area contributed by atoms with Gasteiger partial charge in [-0.3, -0.25) is 14.4 Å². The number of aliphatic hydroxyl groups excluding tert-OH is 1. The van der Waals surface area contributed by atoms with Gasteiger partial charge in [0.2, 0.25) is 17.7 Å². The molecule has 0 radical (unpaired) electrons. The third-order valence-electron chi connectivity index (χ3n) is 8.51. The van der Waals surface area contributed by atoms with Gasteiger partial charge in [-0.15, -0.1) is 0 Å². The minimum atomic E-state index is -0.984. The van der Waals surface area contributed by atoms with Crippen molar-refractivity contribution in [3.05, 3.63) is 35.9 Å². The molecule has 0 saturated heterocycles. The summed E-state index contributed by atoms with van der Waals surface area (Å²) >= 11 is 0. The number of hydrogen-bond donors (Lipinski definition) is 5. The number of benzene rings is 1. The number of hydrogen-bond acceptors (Lipinski definition) is 6. The number of aliphatic hydroxyl groups is 1. The van der Waals surface area contributed by atoms with Crippen LogP contribution >= 0.6 is 0 Å². The molecule has 1 aromatic rings. The zero-order chi connectivity index (χ0) is 34.3. The fourth-order valence-corrected chi connectivity index (χ4v) is 5.86. The second-order valence-electron chi connectivity index (χ2n) is 14.3. The first-order chi connectivity index (χ1) is 21.7. The Balaban J connectivity index is 2.20. The summed E-state index contributed by atoms with van der Waals surface area (Å²) in [5.41, 5.74) is 0.0906. The quantitative estimate of drug-likeness (QED) is 0.151. The number of alkyl carbamates (subject to hydrolysis) is 1. The van der Waals surface area contributed by atoms with Gasteiger partial charge in [-0.05, 0) is 57.4 Å². The number of amides is 4. The Morgan fingerprint density at radius 2 is 1.57 bits per heavy atom. The predicted molar refractivity (Wildman–Crippen MR) is 181 cm³/mol. The van der Waals surface area contributed by atoms with Gasteiger partial charge < -0.3 is 31.1 Å². The van der Waals surface area contributed by atoms with Crippen LogP contribution in [0.25, 0.3) is 0 Å². The molecule has 46 heavy (non-hydrogen) atoms. The molecular weight excluding hydrogens is 584 g/mol. The Hall–Kier alpha value is -3.14. The molecule has 5 atom stereocenters. The zero-order valence-corrected chi connectivity index (χ0v) is 29.2. The van der Waals surface area contributed by atoms with Crippen molar-refractivity contribution < 1.29 is 29.0 Å². The first-order valence-electron chi connectivity index (χ1n) is 17.3. The van der Waals surface area contributed by atoms with E-state index < -0.39 is 53.7 Å². The summed E-state index contributed by atoms with van der Waals surface area (Å²) in [5, 5.41) is 22.9. The molecule has 0 aliphatic heterocycles. The van der Waals surface area contributed by atoms with Crippen molar-refractivity contribution in [2.45, 2.75) is 143 Å². The van der Waals surface area contributed by atoms with Gasteiger partial charge in [0.25, 0.3) is 0 Å². The molecule has 0 heterocycles. The summed E-state index contributed by atoms with van der Waals surface area (Å²) < 4.78 is 5.42. The summed E-state index contributed by atoms with van der Waals surface area (Å²) in [6.45, 7) is 13.4. The molecular formula is C36H60N4O6. The summed E-state index contributed by atoms with van der Waals surface area (Å²) in [5.74, 6) is -1.36. The molecule has 1 aliphatic carbocycles. The van der Waals surface area contributed by atoms with Crippen LogP contribution in [0.15, 0.2) is 30.3 Å². The molecule has 10 heteroatoms. The number of unbranched alkanes of at least 4 members (excludes halogenated alkanes) is 1. The van der Waals surface area contributed by atoms with E-state index in [4.69, 9.17) is 4.74 Å². The van der Waals surface area contributed by atoms with Crippen molar-refractivity contribution in [1.82, 2.24) is 21.3 Å². The van der Waals surface area contributed by atoms with Gasteiger partial charge in [-0.1, -0.05) is 96.6 Å². The van der Waals surface area contributed by atoms with Crippen molar-refractivity contribution in [3.63, 3.8) is 0 Å². The van der Waals surface area contributed by atoms with Crippen LogP contribution in [-0.2, 0) is 25.5 Å². The van der Waals surface area contributed by atoms with Crippen LogP contribution in [-0.4, -0.2) is 65.3 Å². The number of carbonyl (C=O) groups is 4. The molecule has 2 rings (SSSR count). The molecule has 260 valence electrons. The molecule has 0 spiro atoms. The topological polar surface area (TPSA) is 146 Å². The Morgan fingerprint density at radius 1 is 0.913 bits per heavy atom. The predicted octanol–water partition coefficient (Wildman–Crippen LogP) is 5.02. The van der Waals surface area contributed by atoms with Crippen LogP contribution in [0.5, 0.6) is 0 Å². The third-order valence-corrected chi connectivity index (χ3v) is 8.51. The molecule has 1 saturated carbocycles. The minimum absolute atomic E-state index is 0.107. The number of rotatable bonds is 17. The monoisotopic (exact) mass is 644 g/mol. The fraction of sp³-hybridized carbons (Fsp3) is 0.722. The largest absolute Gasteiger partial charge is 0.444 e. The maximum Gasteiger partial charge on any atom is 0.408 e. The molecule has 1 fully saturated rings. The molecule has 1 aromatic carbocycles. The van der Waals surface area contributed by atoms with E-state index in [1.165, 1.54) is 6.42 Å². The van der Waals surface area contributed by atoms with Crippen molar-refractivity contribution in [2.24, 2.45) is 17.8 Å². The molecule has 0 unspecified atom stereocenters. The standard InChI is InChI=1S/C36H60N4O6/c1-8-9-20-37-32(42)25(4)21-30(41)28(22-26-16-12-10-13-17-26)38-34(44)31(24(2)3)40-33(43)29(23-27-18-14-11-15-19-27)39-35(45)46-36(5,6)7/h11,14-15,18-19,24-26,28-31,41H,8-10,12-13,16-17,20-23H2,1-7H3,(H,37,42)(H,38,44)(H,39,45)(H,40,43)/t25-,28+,29+,30+,31+/m1/s1. The highest BCUT2D eigenvalue weighted by molar-refractivity contribution is 5.91. The van der Waals surface area contributed by atoms with E-state index in [-0.39, 0.29) is 24.7 Å². The molecule has 0 bridgehead atoms. The first kappa shape index (κ1) is 39.0. The van der Waals surface area contributed by atoms with E-state index in [0.29, 0.717) is 18.9 Å². The Kier molecular flexibility index (Phi) is 16.6. The van der Waals surface area contributed by atoms with E-state index in [0.717, 1.165) is 44.1 Å². The summed E-state index contributed by atoms with van der Waals surface area (Å²) in [6, 6.07) is 6.85. The molecule has 5 N–H and O–H groups in total. The van der Waals surface area contributed by atoms with Gasteiger partial charge in [-0.25, -0.2) is 4.79 Å². The van der Waals surface area contributed by atoms with Gasteiger partial charge >= 0.3 is 6.09 Å². The van der Waals surface area contributed by atoms with Crippen LogP contribution in [0, 0.1) is 17.8 Å². The van der Waals surface area contributed by atoms with Crippen molar-refractivity contribution in [3.8, 4) is 0 Å². The van der Waals surface area contributed by atoms with Gasteiger partial charge in [0.15, 0.2) is 0 Å². The number of carbonyl (C=O) groups excluding carboxylic acids is 4. The number of ether oxygens (including phenoxy) is 1. The average Bonchev–Trinajstić information content (AvgIpc) is 2.98.